The molecule has 0 amide bonds. The Labute approximate surface area is 246 Å². The van der Waals surface area contributed by atoms with Crippen LogP contribution in [-0.4, -0.2) is 23.8 Å². The number of aliphatic hydroxyl groups is 1. The molecule has 200 valence electrons. The van der Waals surface area contributed by atoms with Gasteiger partial charge in [0, 0.05) is 9.79 Å². The maximum Gasteiger partial charge on any atom is 0.310 e. The second kappa shape index (κ2) is 9.09. The predicted molar refractivity (Wildman–Crippen MR) is 168 cm³/mol. The summed E-state index contributed by atoms with van der Waals surface area (Å²) in [4.78, 5) is 2.19. The fourth-order valence-corrected chi connectivity index (χ4v) is 7.75. The predicted octanol–water partition coefficient (Wildman–Crippen LogP) is 7.08. The molecule has 0 saturated heterocycles. The Morgan fingerprint density at radius 2 is 1.44 bits per heavy atom. The third-order valence-corrected chi connectivity index (χ3v) is 10.5. The average molecular weight is 552 g/mol. The Kier molecular flexibility index (Phi) is 5.79. The molecule has 0 fully saturated rings. The summed E-state index contributed by atoms with van der Waals surface area (Å²) >= 11 is 1.69. The average Bonchev–Trinajstić information content (AvgIpc) is 3.26. The van der Waals surface area contributed by atoms with Crippen LogP contribution in [0.1, 0.15) is 55.5 Å². The minimum atomic E-state index is -1.01. The Morgan fingerprint density at radius 3 is 2.20 bits per heavy atom. The summed E-state index contributed by atoms with van der Waals surface area (Å²) in [6.07, 6.45) is 0. The van der Waals surface area contributed by atoms with E-state index in [1.54, 1.807) is 25.6 Å². The molecule has 0 bridgehead atoms. The topological polar surface area (TPSA) is 53.2 Å². The molecule has 0 saturated carbocycles. The van der Waals surface area contributed by atoms with Crippen LogP contribution >= 0.6 is 11.8 Å². The van der Waals surface area contributed by atoms with E-state index in [0.29, 0.717) is 13.0 Å². The van der Waals surface area contributed by atoms with E-state index in [4.69, 9.17) is 4.65 Å². The molecule has 7 rings (SSSR count). The standard InChI is InChI=1S/C36H30BNO2S/c1-34(2,39)35(3,4)40-37-30-20-29-32(24-14-6-5-13-23(24)30)25-15-7-8-16-26(25)36(29)27-17-9-10-19-31(27)41-33-22(21-38)12-11-18-28(33)36/h5-20,37,39H,1-4H3. The van der Waals surface area contributed by atoms with Gasteiger partial charge in [-0.3, -0.25) is 0 Å². The molecule has 1 heterocycles. The lowest BCUT2D eigenvalue weighted by Gasteiger charge is -2.40. The van der Waals surface area contributed by atoms with Gasteiger partial charge in [-0.2, -0.15) is 5.26 Å². The van der Waals surface area contributed by atoms with E-state index in [-0.39, 0.29) is 0 Å². The largest absolute Gasteiger partial charge is 0.427 e. The number of nitriles is 1. The zero-order valence-electron chi connectivity index (χ0n) is 23.7. The molecule has 0 radical (unpaired) electrons. The molecule has 3 nitrogen and oxygen atoms in total. The molecule has 1 atom stereocenters. The van der Waals surface area contributed by atoms with Crippen molar-refractivity contribution in [2.75, 3.05) is 0 Å². The van der Waals surface area contributed by atoms with Gasteiger partial charge in [0.15, 0.2) is 0 Å². The van der Waals surface area contributed by atoms with Crippen LogP contribution in [0.5, 0.6) is 0 Å². The molecule has 0 aromatic heterocycles. The van der Waals surface area contributed by atoms with Gasteiger partial charge in [-0.15, -0.1) is 0 Å². The van der Waals surface area contributed by atoms with Gasteiger partial charge in [-0.25, -0.2) is 0 Å². The molecular formula is C36H30BNO2S. The summed E-state index contributed by atoms with van der Waals surface area (Å²) in [7, 11) is 0.360. The van der Waals surface area contributed by atoms with Crippen LogP contribution < -0.4 is 5.46 Å². The third-order valence-electron chi connectivity index (χ3n) is 9.24. The van der Waals surface area contributed by atoms with Crippen molar-refractivity contribution in [2.24, 2.45) is 0 Å². The molecule has 1 unspecified atom stereocenters. The molecular weight excluding hydrogens is 521 g/mol. The van der Waals surface area contributed by atoms with Crippen molar-refractivity contribution in [3.8, 4) is 17.2 Å². The van der Waals surface area contributed by atoms with Crippen molar-refractivity contribution in [1.29, 1.82) is 5.26 Å². The Bertz CT molecular complexity index is 1920. The summed E-state index contributed by atoms with van der Waals surface area (Å²) < 4.78 is 6.48. The lowest BCUT2D eigenvalue weighted by atomic mass is 9.65. The van der Waals surface area contributed by atoms with E-state index in [9.17, 15) is 10.4 Å². The van der Waals surface area contributed by atoms with Crippen LogP contribution in [0.2, 0.25) is 0 Å². The lowest BCUT2D eigenvalue weighted by molar-refractivity contribution is -0.0893. The van der Waals surface area contributed by atoms with Gasteiger partial charge < -0.3 is 9.76 Å². The second-order valence-corrected chi connectivity index (χ2v) is 13.1. The molecule has 1 N–H and O–H groups in total. The van der Waals surface area contributed by atoms with Gasteiger partial charge in [0.2, 0.25) is 0 Å². The van der Waals surface area contributed by atoms with Gasteiger partial charge in [-0.1, -0.05) is 96.7 Å². The Balaban J connectivity index is 1.60. The Morgan fingerprint density at radius 1 is 0.780 bits per heavy atom. The summed E-state index contributed by atoms with van der Waals surface area (Å²) in [5.41, 5.74) is 6.71. The monoisotopic (exact) mass is 551 g/mol. The highest BCUT2D eigenvalue weighted by Crippen LogP contribution is 2.63. The van der Waals surface area contributed by atoms with Gasteiger partial charge in [0.05, 0.1) is 22.2 Å². The van der Waals surface area contributed by atoms with E-state index in [1.807, 2.05) is 26.0 Å². The minimum Gasteiger partial charge on any atom is -0.427 e. The van der Waals surface area contributed by atoms with Crippen molar-refractivity contribution >= 4 is 35.5 Å². The maximum atomic E-state index is 10.8. The van der Waals surface area contributed by atoms with Crippen molar-refractivity contribution in [2.45, 2.75) is 54.1 Å². The highest BCUT2D eigenvalue weighted by Gasteiger charge is 2.51. The van der Waals surface area contributed by atoms with E-state index < -0.39 is 16.6 Å². The van der Waals surface area contributed by atoms with Gasteiger partial charge in [0.1, 0.15) is 6.07 Å². The number of rotatable bonds is 4. The van der Waals surface area contributed by atoms with Gasteiger partial charge in [0.25, 0.3) is 0 Å². The minimum absolute atomic E-state index is 0.360. The van der Waals surface area contributed by atoms with Crippen LogP contribution in [0.15, 0.2) is 107 Å². The summed E-state index contributed by atoms with van der Waals surface area (Å²) in [5.74, 6) is 0. The number of benzene rings is 5. The lowest BCUT2D eigenvalue weighted by Crippen LogP contribution is -2.49. The molecule has 1 spiro atoms. The van der Waals surface area contributed by atoms with E-state index >= 15 is 0 Å². The molecule has 5 aromatic rings. The molecule has 1 aliphatic heterocycles. The summed E-state index contributed by atoms with van der Waals surface area (Å²) in [6.45, 7) is 7.46. The van der Waals surface area contributed by atoms with Crippen molar-refractivity contribution in [1.82, 2.24) is 0 Å². The third kappa shape index (κ3) is 3.61. The number of hydrogen-bond donors (Lipinski definition) is 1. The first-order valence-corrected chi connectivity index (χ1v) is 14.8. The quantitative estimate of drug-likeness (QED) is 0.238. The zero-order valence-corrected chi connectivity index (χ0v) is 24.5. The number of fused-ring (bicyclic) bond motifs is 11. The summed E-state index contributed by atoms with van der Waals surface area (Å²) in [5, 5.41) is 23.3. The second-order valence-electron chi connectivity index (χ2n) is 12.0. The van der Waals surface area contributed by atoms with Crippen LogP contribution in [0, 0.1) is 11.3 Å². The molecule has 41 heavy (non-hydrogen) atoms. The smallest absolute Gasteiger partial charge is 0.310 e. The number of nitrogens with zero attached hydrogens (tertiary/aromatic N) is 1. The fraction of sp³-hybridized carbons (Fsp3) is 0.194. The first-order valence-electron chi connectivity index (χ1n) is 14.0. The first-order chi connectivity index (χ1) is 19.7. The molecule has 1 aliphatic carbocycles. The van der Waals surface area contributed by atoms with Crippen LogP contribution in [0.3, 0.4) is 0 Å². The molecule has 5 heteroatoms. The van der Waals surface area contributed by atoms with Gasteiger partial charge in [-0.05, 0) is 89.4 Å². The SMILES string of the molecule is CC(C)(O)C(C)(C)OBc1cc2c(c3ccccc13)-c1ccccc1C21c2ccccc2Sc2c(C#N)cccc21. The fourth-order valence-electron chi connectivity index (χ4n) is 6.49. The van der Waals surface area contributed by atoms with Crippen LogP contribution in [0.4, 0.5) is 0 Å². The maximum absolute atomic E-state index is 10.8. The molecule has 5 aromatic carbocycles. The van der Waals surface area contributed by atoms with E-state index in [2.05, 4.69) is 91.0 Å². The summed E-state index contributed by atoms with van der Waals surface area (Å²) in [6, 6.07) is 36.9. The van der Waals surface area contributed by atoms with Crippen molar-refractivity contribution < 1.29 is 9.76 Å². The van der Waals surface area contributed by atoms with Gasteiger partial charge >= 0.3 is 7.48 Å². The first kappa shape index (κ1) is 26.1. The highest BCUT2D eigenvalue weighted by atomic mass is 32.2. The van der Waals surface area contributed by atoms with E-state index in [1.165, 1.54) is 38.1 Å². The Hall–Kier alpha value is -3.82. The molecule has 2 aliphatic rings. The highest BCUT2D eigenvalue weighted by molar-refractivity contribution is 7.99. The van der Waals surface area contributed by atoms with Crippen LogP contribution in [0.25, 0.3) is 21.9 Å². The van der Waals surface area contributed by atoms with Crippen molar-refractivity contribution in [3.05, 3.63) is 125 Å². The normalized spacial score (nSPS) is 17.0. The zero-order chi connectivity index (χ0) is 28.6. The van der Waals surface area contributed by atoms with E-state index in [0.717, 1.165) is 21.3 Å². The van der Waals surface area contributed by atoms with Crippen molar-refractivity contribution in [3.63, 3.8) is 0 Å². The van der Waals surface area contributed by atoms with Crippen LogP contribution in [-0.2, 0) is 10.1 Å². The number of hydrogen-bond acceptors (Lipinski definition) is 4.